The van der Waals surface area contributed by atoms with E-state index in [0.717, 1.165) is 6.08 Å². The molecule has 0 saturated carbocycles. The van der Waals surface area contributed by atoms with Gasteiger partial charge in [0.25, 0.3) is 24.3 Å². The molecule has 0 saturated heterocycles. The molecule has 10 heteroatoms. The van der Waals surface area contributed by atoms with Gasteiger partial charge in [-0.25, -0.2) is 0 Å². The Morgan fingerprint density at radius 3 is 1.69 bits per heavy atom. The lowest BCUT2D eigenvalue weighted by atomic mass is 9.91. The van der Waals surface area contributed by atoms with Gasteiger partial charge in [-0.15, -0.1) is 0 Å². The van der Waals surface area contributed by atoms with Gasteiger partial charge in [0, 0.05) is 16.0 Å². The van der Waals surface area contributed by atoms with Crippen molar-refractivity contribution in [2.24, 2.45) is 10.8 Å². The minimum Gasteiger partial charge on any atom is -0.268 e. The summed E-state index contributed by atoms with van der Waals surface area (Å²) in [6.45, 7) is 10.2. The summed E-state index contributed by atoms with van der Waals surface area (Å²) < 4.78 is 62.7. The van der Waals surface area contributed by atoms with Crippen LogP contribution in [0.3, 0.4) is 0 Å². The highest BCUT2D eigenvalue weighted by Crippen LogP contribution is 2.48. The van der Waals surface area contributed by atoms with Gasteiger partial charge in [0.1, 0.15) is 0 Å². The monoisotopic (exact) mass is 524 g/mol. The molecule has 1 aliphatic carbocycles. The first kappa shape index (κ1) is 27.3. The molecule has 2 rings (SSSR count). The van der Waals surface area contributed by atoms with Gasteiger partial charge in [-0.2, -0.15) is 16.8 Å². The van der Waals surface area contributed by atoms with Crippen molar-refractivity contribution < 1.29 is 25.2 Å². The highest BCUT2D eigenvalue weighted by molar-refractivity contribution is 8.06. The van der Waals surface area contributed by atoms with Gasteiger partial charge in [-0.3, -0.25) is 8.37 Å². The van der Waals surface area contributed by atoms with E-state index in [4.69, 9.17) is 31.6 Å². The summed E-state index contributed by atoms with van der Waals surface area (Å²) in [5.41, 5.74) is -0.687. The van der Waals surface area contributed by atoms with Crippen LogP contribution in [0.5, 0.6) is 0 Å². The van der Waals surface area contributed by atoms with Crippen molar-refractivity contribution in [1.82, 2.24) is 0 Å². The average molecular weight is 526 g/mol. The van der Waals surface area contributed by atoms with Gasteiger partial charge >= 0.3 is 0 Å². The number of hydrogen-bond donors (Lipinski definition) is 0. The molecule has 0 bridgehead atoms. The van der Waals surface area contributed by atoms with Crippen molar-refractivity contribution in [2.75, 3.05) is 13.2 Å². The number of halogens is 2. The summed E-state index contributed by atoms with van der Waals surface area (Å²) in [6, 6.07) is 6.25. The Bertz CT molecular complexity index is 1040. The summed E-state index contributed by atoms with van der Waals surface area (Å²) in [5, 5.41) is 0.368. The molecular weight excluding hydrogens is 495 g/mol. The van der Waals surface area contributed by atoms with Crippen LogP contribution >= 0.6 is 23.2 Å². The average Bonchev–Trinajstić information content (AvgIpc) is 2.64. The number of benzene rings is 1. The highest BCUT2D eigenvalue weighted by Gasteiger charge is 2.62. The van der Waals surface area contributed by atoms with E-state index in [1.165, 1.54) is 12.2 Å². The normalized spacial score (nSPS) is 19.6. The molecule has 0 heterocycles. The van der Waals surface area contributed by atoms with Crippen LogP contribution in [-0.4, -0.2) is 34.1 Å². The third-order valence-electron chi connectivity index (χ3n) is 4.53. The van der Waals surface area contributed by atoms with Crippen LogP contribution in [0.4, 0.5) is 0 Å². The van der Waals surface area contributed by atoms with E-state index >= 15 is 0 Å². The third-order valence-corrected chi connectivity index (χ3v) is 9.40. The van der Waals surface area contributed by atoms with Crippen LogP contribution in [0.25, 0.3) is 0 Å². The molecular formula is C22H30Cl2O6S2. The van der Waals surface area contributed by atoms with E-state index in [-0.39, 0.29) is 18.2 Å². The van der Waals surface area contributed by atoms with Gasteiger partial charge in [-0.1, -0.05) is 83.0 Å². The second-order valence-corrected chi connectivity index (χ2v) is 15.0. The standard InChI is InChI=1S/C22H30Cl2O6S2/c1-20(2,3)14-29-31(25,26)22(32(27,28)30-15-21(4,5)6)13-18(24)11-12-19(22)16-7-9-17(23)10-8-16/h7-13,19H,14-15H2,1-6H3. The zero-order valence-electron chi connectivity index (χ0n) is 19.1. The summed E-state index contributed by atoms with van der Waals surface area (Å²) in [7, 11) is -9.60. The van der Waals surface area contributed by atoms with E-state index in [2.05, 4.69) is 0 Å². The SMILES string of the molecule is CC(C)(C)COS(=O)(=O)C1(S(=O)(=O)OCC(C)(C)C)C=C(Cl)C=CC1c1ccc(Cl)cc1. The molecule has 0 N–H and O–H groups in total. The maximum atomic E-state index is 13.7. The van der Waals surface area contributed by atoms with Crippen molar-refractivity contribution in [3.05, 3.63) is 58.1 Å². The molecule has 6 nitrogen and oxygen atoms in total. The van der Waals surface area contributed by atoms with Crippen molar-refractivity contribution in [2.45, 2.75) is 51.5 Å². The summed E-state index contributed by atoms with van der Waals surface area (Å²) in [6.07, 6.45) is 3.88. The molecule has 0 amide bonds. The number of allylic oxidation sites excluding steroid dienone is 3. The van der Waals surface area contributed by atoms with Crippen molar-refractivity contribution in [3.8, 4) is 0 Å². The molecule has 1 aromatic carbocycles. The molecule has 0 spiro atoms. The fourth-order valence-corrected chi connectivity index (χ4v) is 7.71. The molecule has 32 heavy (non-hydrogen) atoms. The Labute approximate surface area is 201 Å². The van der Waals surface area contributed by atoms with E-state index in [9.17, 15) is 16.8 Å². The van der Waals surface area contributed by atoms with Gasteiger partial charge in [-0.05, 0) is 40.7 Å². The Balaban J connectivity index is 2.77. The van der Waals surface area contributed by atoms with Gasteiger partial charge in [0.15, 0.2) is 0 Å². The lowest BCUT2D eigenvalue weighted by Gasteiger charge is -2.37. The van der Waals surface area contributed by atoms with Crippen LogP contribution in [0, 0.1) is 10.8 Å². The van der Waals surface area contributed by atoms with Gasteiger partial charge in [0.05, 0.1) is 13.2 Å². The summed E-state index contributed by atoms with van der Waals surface area (Å²) in [4.78, 5) is 0. The summed E-state index contributed by atoms with van der Waals surface area (Å²) >= 11 is 12.2. The topological polar surface area (TPSA) is 86.7 Å². The molecule has 0 aromatic heterocycles. The number of rotatable bonds is 7. The Morgan fingerprint density at radius 2 is 1.28 bits per heavy atom. The second kappa shape index (κ2) is 9.39. The zero-order valence-corrected chi connectivity index (χ0v) is 22.2. The quantitative estimate of drug-likeness (QED) is 0.431. The van der Waals surface area contributed by atoms with Crippen molar-refractivity contribution in [1.29, 1.82) is 0 Å². The Morgan fingerprint density at radius 1 is 0.844 bits per heavy atom. The van der Waals surface area contributed by atoms with Crippen molar-refractivity contribution in [3.63, 3.8) is 0 Å². The third kappa shape index (κ3) is 6.15. The van der Waals surface area contributed by atoms with E-state index in [1.807, 2.05) is 0 Å². The van der Waals surface area contributed by atoms with E-state index in [0.29, 0.717) is 10.6 Å². The second-order valence-electron chi connectivity index (χ2n) is 10.2. The fourth-order valence-electron chi connectivity index (χ4n) is 2.94. The van der Waals surface area contributed by atoms with Crippen LogP contribution in [0.1, 0.15) is 53.0 Å². The molecule has 1 aliphatic rings. The van der Waals surface area contributed by atoms with Gasteiger partial charge in [0.2, 0.25) is 0 Å². The maximum absolute atomic E-state index is 13.7. The highest BCUT2D eigenvalue weighted by atomic mass is 35.5. The minimum atomic E-state index is -4.80. The Kier molecular flexibility index (Phi) is 8.02. The predicted molar refractivity (Wildman–Crippen MR) is 129 cm³/mol. The molecule has 1 aromatic rings. The summed E-state index contributed by atoms with van der Waals surface area (Å²) in [5.74, 6) is -1.18. The zero-order chi connectivity index (χ0) is 24.6. The molecule has 0 radical (unpaired) electrons. The molecule has 0 aliphatic heterocycles. The largest absolute Gasteiger partial charge is 0.295 e. The molecule has 1 unspecified atom stereocenters. The van der Waals surface area contributed by atoms with Crippen LogP contribution in [0.2, 0.25) is 5.02 Å². The van der Waals surface area contributed by atoms with Gasteiger partial charge < -0.3 is 0 Å². The lowest BCUT2D eigenvalue weighted by Crippen LogP contribution is -2.52. The molecule has 180 valence electrons. The number of hydrogen-bond acceptors (Lipinski definition) is 6. The first-order chi connectivity index (χ1) is 14.4. The van der Waals surface area contributed by atoms with Crippen LogP contribution in [-0.2, 0) is 28.6 Å². The first-order valence-corrected chi connectivity index (χ1v) is 13.6. The first-order valence-electron chi connectivity index (χ1n) is 10.0. The molecule has 0 fully saturated rings. The van der Waals surface area contributed by atoms with E-state index in [1.54, 1.807) is 65.8 Å². The van der Waals surface area contributed by atoms with Crippen LogP contribution in [0.15, 0.2) is 47.5 Å². The molecule has 1 atom stereocenters. The smallest absolute Gasteiger partial charge is 0.268 e. The maximum Gasteiger partial charge on any atom is 0.295 e. The fraction of sp³-hybridized carbons (Fsp3) is 0.545. The lowest BCUT2D eigenvalue weighted by molar-refractivity contribution is 0.189. The van der Waals surface area contributed by atoms with E-state index < -0.39 is 41.1 Å². The van der Waals surface area contributed by atoms with Crippen molar-refractivity contribution >= 4 is 43.4 Å². The Hall–Kier alpha value is -0.900. The predicted octanol–water partition coefficient (Wildman–Crippen LogP) is 5.60. The van der Waals surface area contributed by atoms with Crippen LogP contribution < -0.4 is 0 Å². The minimum absolute atomic E-state index is 0.0546.